The minimum atomic E-state index is 0.375. The van der Waals surface area contributed by atoms with Crippen molar-refractivity contribution in [2.45, 2.75) is 25.0 Å². The molecule has 2 unspecified atom stereocenters. The Morgan fingerprint density at radius 1 is 1.12 bits per heavy atom. The van der Waals surface area contributed by atoms with Gasteiger partial charge in [0, 0.05) is 13.1 Å². The highest BCUT2D eigenvalue weighted by Crippen LogP contribution is 2.34. The number of ether oxygens (including phenoxy) is 1. The molecule has 2 fully saturated rings. The number of morpholine rings is 1. The maximum absolute atomic E-state index is 6.02. The summed E-state index contributed by atoms with van der Waals surface area (Å²) in [5.41, 5.74) is 14.3. The van der Waals surface area contributed by atoms with Crippen molar-refractivity contribution < 1.29 is 4.74 Å². The van der Waals surface area contributed by atoms with Crippen molar-refractivity contribution in [2.75, 3.05) is 29.5 Å². The first kappa shape index (κ1) is 9.78. The molecule has 4 N–H and O–H groups in total. The van der Waals surface area contributed by atoms with Crippen molar-refractivity contribution >= 4 is 17.1 Å². The Morgan fingerprint density at radius 3 is 2.50 bits per heavy atom. The predicted octanol–water partition coefficient (Wildman–Crippen LogP) is 1.22. The van der Waals surface area contributed by atoms with Gasteiger partial charge in [-0.25, -0.2) is 0 Å². The summed E-state index contributed by atoms with van der Waals surface area (Å²) >= 11 is 0. The molecular weight excluding hydrogens is 202 g/mol. The average molecular weight is 219 g/mol. The van der Waals surface area contributed by atoms with Crippen LogP contribution in [0.15, 0.2) is 18.2 Å². The highest BCUT2D eigenvalue weighted by Gasteiger charge is 2.34. The van der Waals surface area contributed by atoms with E-state index in [1.54, 1.807) is 0 Å². The largest absolute Gasteiger partial charge is 0.397 e. The molecule has 2 bridgehead atoms. The lowest BCUT2D eigenvalue weighted by molar-refractivity contribution is 0.0305. The molecule has 0 spiro atoms. The van der Waals surface area contributed by atoms with Gasteiger partial charge in [-0.1, -0.05) is 6.07 Å². The zero-order chi connectivity index (χ0) is 11.1. The van der Waals surface area contributed by atoms with E-state index in [0.717, 1.165) is 18.8 Å². The number of hydrogen-bond acceptors (Lipinski definition) is 4. The van der Waals surface area contributed by atoms with Gasteiger partial charge in [-0.3, -0.25) is 0 Å². The quantitative estimate of drug-likeness (QED) is 0.697. The lowest BCUT2D eigenvalue weighted by atomic mass is 10.2. The molecule has 1 aromatic carbocycles. The first-order valence-electron chi connectivity index (χ1n) is 5.78. The molecular formula is C12H17N3O. The Labute approximate surface area is 95.2 Å². The summed E-state index contributed by atoms with van der Waals surface area (Å²) in [7, 11) is 0. The number of anilines is 3. The van der Waals surface area contributed by atoms with Crippen LogP contribution in [0.1, 0.15) is 12.8 Å². The molecule has 86 valence electrons. The maximum atomic E-state index is 6.02. The molecule has 0 amide bonds. The Bertz CT molecular complexity index is 395. The molecule has 0 aliphatic carbocycles. The fourth-order valence-corrected chi connectivity index (χ4v) is 2.66. The van der Waals surface area contributed by atoms with E-state index in [0.29, 0.717) is 23.6 Å². The van der Waals surface area contributed by atoms with Crippen molar-refractivity contribution in [1.82, 2.24) is 0 Å². The van der Waals surface area contributed by atoms with Gasteiger partial charge in [0.2, 0.25) is 0 Å². The van der Waals surface area contributed by atoms with Crippen molar-refractivity contribution in [1.29, 1.82) is 0 Å². The number of nitrogens with two attached hydrogens (primary N) is 2. The van der Waals surface area contributed by atoms with Crippen LogP contribution in [-0.2, 0) is 4.74 Å². The van der Waals surface area contributed by atoms with E-state index >= 15 is 0 Å². The number of hydrogen-bond donors (Lipinski definition) is 2. The number of nitrogens with zero attached hydrogens (tertiary/aromatic N) is 1. The second kappa shape index (κ2) is 3.56. The van der Waals surface area contributed by atoms with Gasteiger partial charge in [0.1, 0.15) is 0 Å². The Morgan fingerprint density at radius 2 is 1.81 bits per heavy atom. The first-order valence-corrected chi connectivity index (χ1v) is 5.78. The zero-order valence-electron chi connectivity index (χ0n) is 9.23. The van der Waals surface area contributed by atoms with Gasteiger partial charge in [-0.2, -0.15) is 0 Å². The molecule has 3 rings (SSSR count). The molecule has 2 saturated heterocycles. The number of rotatable bonds is 1. The van der Waals surface area contributed by atoms with E-state index in [2.05, 4.69) is 4.90 Å². The number of para-hydroxylation sites is 1. The van der Waals surface area contributed by atoms with Crippen LogP contribution in [0.2, 0.25) is 0 Å². The maximum Gasteiger partial charge on any atom is 0.0785 e. The molecule has 16 heavy (non-hydrogen) atoms. The van der Waals surface area contributed by atoms with Crippen molar-refractivity contribution in [3.05, 3.63) is 18.2 Å². The second-order valence-electron chi connectivity index (χ2n) is 4.64. The predicted molar refractivity (Wildman–Crippen MR) is 65.4 cm³/mol. The number of fused-ring (bicyclic) bond motifs is 2. The standard InChI is InChI=1S/C12H17N3O/c13-10-2-1-3-11(12(10)14)15-6-8-4-5-9(7-15)16-8/h1-3,8-9H,4-7,13-14H2. The van der Waals surface area contributed by atoms with Gasteiger partial charge in [0.05, 0.1) is 29.3 Å². The van der Waals surface area contributed by atoms with Crippen molar-refractivity contribution in [2.24, 2.45) is 0 Å². The lowest BCUT2D eigenvalue weighted by Crippen LogP contribution is -2.42. The van der Waals surface area contributed by atoms with Crippen LogP contribution in [0.3, 0.4) is 0 Å². The van der Waals surface area contributed by atoms with E-state index in [4.69, 9.17) is 16.2 Å². The fraction of sp³-hybridized carbons (Fsp3) is 0.500. The third-order valence-electron chi connectivity index (χ3n) is 3.50. The molecule has 2 heterocycles. The van der Waals surface area contributed by atoms with Gasteiger partial charge in [0.25, 0.3) is 0 Å². The molecule has 4 heteroatoms. The van der Waals surface area contributed by atoms with Crippen LogP contribution in [0, 0.1) is 0 Å². The highest BCUT2D eigenvalue weighted by atomic mass is 16.5. The van der Waals surface area contributed by atoms with Gasteiger partial charge in [0.15, 0.2) is 0 Å². The summed E-state index contributed by atoms with van der Waals surface area (Å²) in [6.45, 7) is 1.87. The summed E-state index contributed by atoms with van der Waals surface area (Å²) < 4.78 is 5.81. The van der Waals surface area contributed by atoms with E-state index in [-0.39, 0.29) is 0 Å². The molecule has 4 nitrogen and oxygen atoms in total. The van der Waals surface area contributed by atoms with Crippen LogP contribution in [-0.4, -0.2) is 25.3 Å². The Kier molecular flexibility index (Phi) is 2.17. The third-order valence-corrected chi connectivity index (χ3v) is 3.50. The van der Waals surface area contributed by atoms with Gasteiger partial charge >= 0.3 is 0 Å². The summed E-state index contributed by atoms with van der Waals surface area (Å²) in [6.07, 6.45) is 3.09. The van der Waals surface area contributed by atoms with Crippen LogP contribution in [0.4, 0.5) is 17.1 Å². The summed E-state index contributed by atoms with van der Waals surface area (Å²) in [4.78, 5) is 2.30. The fourth-order valence-electron chi connectivity index (χ4n) is 2.66. The first-order chi connectivity index (χ1) is 7.74. The molecule has 0 saturated carbocycles. The smallest absolute Gasteiger partial charge is 0.0785 e. The van der Waals surface area contributed by atoms with E-state index < -0.39 is 0 Å². The van der Waals surface area contributed by atoms with Crippen molar-refractivity contribution in [3.8, 4) is 0 Å². The van der Waals surface area contributed by atoms with Crippen LogP contribution >= 0.6 is 0 Å². The highest BCUT2D eigenvalue weighted by molar-refractivity contribution is 5.79. The topological polar surface area (TPSA) is 64.5 Å². The molecule has 2 aliphatic rings. The number of benzene rings is 1. The molecule has 2 atom stereocenters. The average Bonchev–Trinajstić information content (AvgIpc) is 2.62. The summed E-state index contributed by atoms with van der Waals surface area (Å²) in [5.74, 6) is 0. The Balaban J connectivity index is 1.89. The van der Waals surface area contributed by atoms with Gasteiger partial charge in [-0.15, -0.1) is 0 Å². The SMILES string of the molecule is Nc1cccc(N2CC3CCC(C2)O3)c1N. The second-order valence-corrected chi connectivity index (χ2v) is 4.64. The molecule has 2 aliphatic heterocycles. The van der Waals surface area contributed by atoms with Gasteiger partial charge < -0.3 is 21.1 Å². The summed E-state index contributed by atoms with van der Waals surface area (Å²) in [5, 5.41) is 0. The Hall–Kier alpha value is -1.42. The third kappa shape index (κ3) is 1.50. The lowest BCUT2D eigenvalue weighted by Gasteiger charge is -2.34. The minimum Gasteiger partial charge on any atom is -0.397 e. The van der Waals surface area contributed by atoms with E-state index in [1.165, 1.54) is 12.8 Å². The molecule has 1 aromatic rings. The van der Waals surface area contributed by atoms with E-state index in [9.17, 15) is 0 Å². The molecule has 0 radical (unpaired) electrons. The minimum absolute atomic E-state index is 0.375. The zero-order valence-corrected chi connectivity index (χ0v) is 9.23. The normalized spacial score (nSPS) is 28.4. The van der Waals surface area contributed by atoms with Crippen LogP contribution in [0.25, 0.3) is 0 Å². The van der Waals surface area contributed by atoms with Crippen molar-refractivity contribution in [3.63, 3.8) is 0 Å². The van der Waals surface area contributed by atoms with Crippen LogP contribution < -0.4 is 16.4 Å². The van der Waals surface area contributed by atoms with Gasteiger partial charge in [-0.05, 0) is 25.0 Å². The van der Waals surface area contributed by atoms with Crippen LogP contribution in [0.5, 0.6) is 0 Å². The molecule has 0 aromatic heterocycles. The number of nitrogen functional groups attached to an aromatic ring is 2. The van der Waals surface area contributed by atoms with E-state index in [1.807, 2.05) is 18.2 Å². The summed E-state index contributed by atoms with van der Waals surface area (Å²) in [6, 6.07) is 5.84. The monoisotopic (exact) mass is 219 g/mol.